The molecule has 3 rings (SSSR count). The summed E-state index contributed by atoms with van der Waals surface area (Å²) in [6, 6.07) is 22.6. The molecule has 3 aromatic rings. The molecule has 3 N–H and O–H groups in total. The molecule has 0 fully saturated rings. The van der Waals surface area contributed by atoms with Gasteiger partial charge in [0, 0.05) is 32.1 Å². The van der Waals surface area contributed by atoms with Gasteiger partial charge in [-0.05, 0) is 73.1 Å². The van der Waals surface area contributed by atoms with Crippen LogP contribution in [0.25, 0.3) is 11.1 Å². The first-order valence-corrected chi connectivity index (χ1v) is 14.7. The lowest BCUT2D eigenvalue weighted by Gasteiger charge is -2.29. The summed E-state index contributed by atoms with van der Waals surface area (Å²) in [6.07, 6.45) is 1.32. The van der Waals surface area contributed by atoms with Crippen molar-refractivity contribution in [2.45, 2.75) is 63.0 Å². The van der Waals surface area contributed by atoms with Gasteiger partial charge in [0.05, 0.1) is 11.0 Å². The van der Waals surface area contributed by atoms with E-state index in [1.54, 1.807) is 18.2 Å². The Bertz CT molecular complexity index is 1350. The lowest BCUT2D eigenvalue weighted by atomic mass is 9.94. The van der Waals surface area contributed by atoms with Gasteiger partial charge in [0.25, 0.3) is 0 Å². The van der Waals surface area contributed by atoms with Gasteiger partial charge in [-0.1, -0.05) is 67.6 Å². The number of carboxylic acids is 1. The molecule has 0 aliphatic rings. The first-order valence-electron chi connectivity index (χ1n) is 13.3. The van der Waals surface area contributed by atoms with E-state index >= 15 is 0 Å². The van der Waals surface area contributed by atoms with Gasteiger partial charge in [-0.25, -0.2) is 8.42 Å². The first kappa shape index (κ1) is 30.5. The number of likely N-dealkylation sites (N-methyl/N-ethyl adjacent to an activating group) is 1. The SMILES string of the molecule is CCc1ccc(CC(C)(C)NC[C@@H](O)CN(C)S(=O)(=O)c2cccc(-c3cccc(CCC(=O)O)c3)c2)cc1. The molecular weight excluding hydrogens is 512 g/mol. The van der Waals surface area contributed by atoms with Gasteiger partial charge in [0.1, 0.15) is 0 Å². The second kappa shape index (κ2) is 13.3. The molecule has 0 amide bonds. The van der Waals surface area contributed by atoms with Crippen LogP contribution in [-0.4, -0.2) is 60.7 Å². The Morgan fingerprint density at radius 3 is 2.21 bits per heavy atom. The third-order valence-corrected chi connectivity index (χ3v) is 8.61. The molecule has 3 aromatic carbocycles. The Labute approximate surface area is 232 Å². The van der Waals surface area contributed by atoms with Gasteiger partial charge < -0.3 is 15.5 Å². The van der Waals surface area contributed by atoms with Crippen molar-refractivity contribution < 1.29 is 23.4 Å². The molecule has 0 aliphatic heterocycles. The summed E-state index contributed by atoms with van der Waals surface area (Å²) in [5, 5.41) is 23.0. The fourth-order valence-electron chi connectivity index (χ4n) is 4.49. The largest absolute Gasteiger partial charge is 0.481 e. The third-order valence-electron chi connectivity index (χ3n) is 6.79. The molecule has 8 heteroatoms. The number of carboxylic acid groups (broad SMARTS) is 1. The van der Waals surface area contributed by atoms with E-state index in [4.69, 9.17) is 5.11 Å². The van der Waals surface area contributed by atoms with Crippen molar-refractivity contribution in [2.24, 2.45) is 0 Å². The Hall–Kier alpha value is -3.04. The summed E-state index contributed by atoms with van der Waals surface area (Å²) in [5.74, 6) is -0.862. The van der Waals surface area contributed by atoms with E-state index in [0.29, 0.717) is 6.42 Å². The summed E-state index contributed by atoms with van der Waals surface area (Å²) >= 11 is 0. The van der Waals surface area contributed by atoms with Crippen LogP contribution in [0.3, 0.4) is 0 Å². The highest BCUT2D eigenvalue weighted by Crippen LogP contribution is 2.25. The van der Waals surface area contributed by atoms with Gasteiger partial charge in [-0.15, -0.1) is 0 Å². The van der Waals surface area contributed by atoms with Crippen LogP contribution in [0, 0.1) is 0 Å². The van der Waals surface area contributed by atoms with Gasteiger partial charge in [-0.2, -0.15) is 4.31 Å². The second-order valence-corrected chi connectivity index (χ2v) is 12.7. The van der Waals surface area contributed by atoms with E-state index < -0.39 is 22.1 Å². The van der Waals surface area contributed by atoms with Crippen LogP contribution in [0.2, 0.25) is 0 Å². The van der Waals surface area contributed by atoms with Crippen LogP contribution in [0.15, 0.2) is 77.7 Å². The molecule has 39 heavy (non-hydrogen) atoms. The monoisotopic (exact) mass is 552 g/mol. The maximum Gasteiger partial charge on any atom is 0.303 e. The molecule has 0 heterocycles. The van der Waals surface area contributed by atoms with Crippen LogP contribution in [-0.2, 0) is 34.1 Å². The minimum Gasteiger partial charge on any atom is -0.481 e. The summed E-state index contributed by atoms with van der Waals surface area (Å²) < 4.78 is 27.8. The number of aliphatic hydroxyl groups is 1. The summed E-state index contributed by atoms with van der Waals surface area (Å²) in [6.45, 7) is 6.46. The zero-order chi connectivity index (χ0) is 28.6. The van der Waals surface area contributed by atoms with Crippen molar-refractivity contribution in [3.63, 3.8) is 0 Å². The van der Waals surface area contributed by atoms with Crippen LogP contribution in [0.1, 0.15) is 43.9 Å². The minimum atomic E-state index is -3.84. The maximum atomic E-state index is 13.3. The highest BCUT2D eigenvalue weighted by atomic mass is 32.2. The van der Waals surface area contributed by atoms with Gasteiger partial charge in [0.15, 0.2) is 0 Å². The number of aryl methyl sites for hydroxylation is 2. The molecule has 0 saturated carbocycles. The Balaban J connectivity index is 1.62. The molecule has 0 aromatic heterocycles. The van der Waals surface area contributed by atoms with Crippen molar-refractivity contribution in [1.82, 2.24) is 9.62 Å². The molecule has 0 radical (unpaired) electrons. The molecule has 0 bridgehead atoms. The number of aliphatic carboxylic acids is 1. The predicted octanol–water partition coefficient (Wildman–Crippen LogP) is 4.53. The van der Waals surface area contributed by atoms with Crippen LogP contribution in [0.5, 0.6) is 0 Å². The van der Waals surface area contributed by atoms with Crippen molar-refractivity contribution in [3.05, 3.63) is 89.5 Å². The third kappa shape index (κ3) is 9.00. The van der Waals surface area contributed by atoms with Crippen LogP contribution < -0.4 is 5.32 Å². The molecule has 0 spiro atoms. The first-order chi connectivity index (χ1) is 18.4. The lowest BCUT2D eigenvalue weighted by molar-refractivity contribution is -0.136. The quantitative estimate of drug-likeness (QED) is 0.271. The summed E-state index contributed by atoms with van der Waals surface area (Å²) in [4.78, 5) is 11.0. The number of hydrogen-bond donors (Lipinski definition) is 3. The standard InChI is InChI=1S/C31H40N2O5S/c1-5-23-12-14-25(15-13-23)20-31(2,3)32-21-28(34)22-33(4)39(37,38)29-11-7-10-27(19-29)26-9-6-8-24(18-26)16-17-30(35)36/h6-15,18-19,28,32,34H,5,16-17,20-22H2,1-4H3,(H,35,36)/t28-/m1/s1. The molecule has 7 nitrogen and oxygen atoms in total. The van der Waals surface area contributed by atoms with Crippen LogP contribution >= 0.6 is 0 Å². The highest BCUT2D eigenvalue weighted by Gasteiger charge is 2.25. The van der Waals surface area contributed by atoms with E-state index in [2.05, 4.69) is 50.4 Å². The van der Waals surface area contributed by atoms with Crippen molar-refractivity contribution >= 4 is 16.0 Å². The highest BCUT2D eigenvalue weighted by molar-refractivity contribution is 7.89. The number of carbonyl (C=O) groups is 1. The maximum absolute atomic E-state index is 13.3. The molecule has 210 valence electrons. The normalized spacial score (nSPS) is 13.0. The molecule has 0 unspecified atom stereocenters. The van der Waals surface area contributed by atoms with Crippen molar-refractivity contribution in [2.75, 3.05) is 20.1 Å². The predicted molar refractivity (Wildman–Crippen MR) is 155 cm³/mol. The fraction of sp³-hybridized carbons (Fsp3) is 0.387. The zero-order valence-corrected chi connectivity index (χ0v) is 24.0. The number of hydrogen-bond acceptors (Lipinski definition) is 5. The van der Waals surface area contributed by atoms with Gasteiger partial charge >= 0.3 is 5.97 Å². The van der Waals surface area contributed by atoms with E-state index in [1.165, 1.54) is 22.5 Å². The molecular formula is C31H40N2O5S. The Morgan fingerprint density at radius 2 is 1.56 bits per heavy atom. The molecule has 0 aliphatic carbocycles. The number of sulfonamides is 1. The topological polar surface area (TPSA) is 107 Å². The number of nitrogens with one attached hydrogen (secondary N) is 1. The number of aliphatic hydroxyl groups excluding tert-OH is 1. The van der Waals surface area contributed by atoms with E-state index in [1.807, 2.05) is 30.3 Å². The van der Waals surface area contributed by atoms with E-state index in [9.17, 15) is 18.3 Å². The van der Waals surface area contributed by atoms with Crippen LogP contribution in [0.4, 0.5) is 0 Å². The van der Waals surface area contributed by atoms with Gasteiger partial charge in [0.2, 0.25) is 10.0 Å². The Morgan fingerprint density at radius 1 is 0.949 bits per heavy atom. The smallest absolute Gasteiger partial charge is 0.303 e. The number of rotatable bonds is 14. The average Bonchev–Trinajstić information content (AvgIpc) is 2.91. The fourth-order valence-corrected chi connectivity index (χ4v) is 5.75. The summed E-state index contributed by atoms with van der Waals surface area (Å²) in [5.41, 5.74) is 4.62. The summed E-state index contributed by atoms with van der Waals surface area (Å²) in [7, 11) is -2.37. The lowest BCUT2D eigenvalue weighted by Crippen LogP contribution is -2.47. The van der Waals surface area contributed by atoms with E-state index in [0.717, 1.165) is 29.5 Å². The number of benzene rings is 3. The number of nitrogens with zero attached hydrogens (tertiary/aromatic N) is 1. The van der Waals surface area contributed by atoms with Crippen molar-refractivity contribution in [1.29, 1.82) is 0 Å². The van der Waals surface area contributed by atoms with Gasteiger partial charge in [-0.3, -0.25) is 4.79 Å². The molecule has 0 saturated heterocycles. The zero-order valence-electron chi connectivity index (χ0n) is 23.2. The van der Waals surface area contributed by atoms with Crippen molar-refractivity contribution in [3.8, 4) is 11.1 Å². The number of β-amino-alcohol motifs (C(OH)–C–C–N with tert-alkyl or cyclic N) is 1. The Kier molecular flexibility index (Phi) is 10.4. The average molecular weight is 553 g/mol. The van der Waals surface area contributed by atoms with E-state index in [-0.39, 0.29) is 29.9 Å². The molecule has 1 atom stereocenters. The minimum absolute atomic E-state index is 0.0308. The second-order valence-electron chi connectivity index (χ2n) is 10.7.